The van der Waals surface area contributed by atoms with Gasteiger partial charge >= 0.3 is 5.97 Å². The molecule has 0 saturated heterocycles. The minimum Gasteiger partial charge on any atom is -0.465 e. The zero-order chi connectivity index (χ0) is 20.4. The normalized spacial score (nSPS) is 10.6. The second-order valence-corrected chi connectivity index (χ2v) is 6.56. The molecule has 2 amide bonds. The van der Waals surface area contributed by atoms with Crippen LogP contribution >= 0.6 is 23.2 Å². The highest BCUT2D eigenvalue weighted by molar-refractivity contribution is 6.37. The summed E-state index contributed by atoms with van der Waals surface area (Å²) in [6, 6.07) is 2.76. The van der Waals surface area contributed by atoms with Crippen molar-refractivity contribution in [3.8, 4) is 0 Å². The van der Waals surface area contributed by atoms with Crippen LogP contribution in [0, 0.1) is 0 Å². The lowest BCUT2D eigenvalue weighted by atomic mass is 10.1. The lowest BCUT2D eigenvalue weighted by Gasteiger charge is -2.17. The monoisotopic (exact) mass is 419 g/mol. The molecule has 1 aromatic rings. The van der Waals surface area contributed by atoms with Gasteiger partial charge < -0.3 is 20.1 Å². The van der Waals surface area contributed by atoms with E-state index in [1.807, 2.05) is 0 Å². The highest BCUT2D eigenvalue weighted by atomic mass is 35.5. The Morgan fingerprint density at radius 1 is 1.11 bits per heavy atom. The Balaban J connectivity index is 2.64. The summed E-state index contributed by atoms with van der Waals surface area (Å²) in [5, 5.41) is 5.64. The number of anilines is 1. The number of carbonyl (C=O) groups is 3. The zero-order valence-corrected chi connectivity index (χ0v) is 16.9. The summed E-state index contributed by atoms with van der Waals surface area (Å²) < 4.78 is 9.58. The van der Waals surface area contributed by atoms with Crippen LogP contribution in [0.5, 0.6) is 0 Å². The van der Waals surface area contributed by atoms with Crippen molar-refractivity contribution < 1.29 is 23.9 Å². The molecule has 1 rings (SSSR count). The number of hydrogen-bond acceptors (Lipinski definition) is 6. The SMILES string of the molecule is COCCCNC(=O)CN(C)CC(=O)Nc1c(Cl)cc(Cl)cc1C(=O)OC. The van der Waals surface area contributed by atoms with Gasteiger partial charge in [-0.15, -0.1) is 0 Å². The van der Waals surface area contributed by atoms with E-state index in [-0.39, 0.29) is 40.3 Å². The van der Waals surface area contributed by atoms with Crippen LogP contribution in [-0.4, -0.2) is 70.2 Å². The molecule has 0 fully saturated rings. The van der Waals surface area contributed by atoms with Gasteiger partial charge in [0.15, 0.2) is 0 Å². The first-order valence-corrected chi connectivity index (χ1v) is 8.85. The number of benzene rings is 1. The predicted molar refractivity (Wildman–Crippen MR) is 103 cm³/mol. The first kappa shape index (κ1) is 23.2. The standard InChI is InChI=1S/C17H23Cl2N3O5/c1-22(9-14(23)20-5-4-6-26-2)10-15(24)21-16-12(17(25)27-3)7-11(18)8-13(16)19/h7-8H,4-6,9-10H2,1-3H3,(H,20,23)(H,21,24). The van der Waals surface area contributed by atoms with Crippen molar-refractivity contribution in [3.05, 3.63) is 27.7 Å². The average molecular weight is 420 g/mol. The van der Waals surface area contributed by atoms with E-state index in [0.29, 0.717) is 19.6 Å². The van der Waals surface area contributed by atoms with Gasteiger partial charge in [0, 0.05) is 25.3 Å². The summed E-state index contributed by atoms with van der Waals surface area (Å²) in [5.41, 5.74) is 0.150. The summed E-state index contributed by atoms with van der Waals surface area (Å²) in [6.45, 7) is 1.02. The topological polar surface area (TPSA) is 97.0 Å². The van der Waals surface area contributed by atoms with Gasteiger partial charge in [-0.2, -0.15) is 0 Å². The highest BCUT2D eigenvalue weighted by Crippen LogP contribution is 2.30. The molecule has 10 heteroatoms. The smallest absolute Gasteiger partial charge is 0.340 e. The molecule has 150 valence electrons. The highest BCUT2D eigenvalue weighted by Gasteiger charge is 2.19. The number of esters is 1. The van der Waals surface area contributed by atoms with Gasteiger partial charge in [0.2, 0.25) is 11.8 Å². The molecular formula is C17H23Cl2N3O5. The van der Waals surface area contributed by atoms with Crippen molar-refractivity contribution in [2.75, 3.05) is 52.8 Å². The Morgan fingerprint density at radius 3 is 2.41 bits per heavy atom. The molecule has 1 aromatic carbocycles. The molecule has 0 unspecified atom stereocenters. The summed E-state index contributed by atoms with van der Waals surface area (Å²) in [7, 11) is 4.42. The number of carbonyl (C=O) groups excluding carboxylic acids is 3. The minimum absolute atomic E-state index is 0.0403. The lowest BCUT2D eigenvalue weighted by Crippen LogP contribution is -2.39. The van der Waals surface area contributed by atoms with Crippen molar-refractivity contribution in [1.29, 1.82) is 0 Å². The molecule has 27 heavy (non-hydrogen) atoms. The van der Waals surface area contributed by atoms with Gasteiger partial charge in [-0.1, -0.05) is 23.2 Å². The number of nitrogens with one attached hydrogen (secondary N) is 2. The first-order valence-electron chi connectivity index (χ1n) is 8.09. The molecule has 0 aliphatic rings. The van der Waals surface area contributed by atoms with Crippen LogP contribution in [0.15, 0.2) is 12.1 Å². The van der Waals surface area contributed by atoms with Gasteiger partial charge in [-0.3, -0.25) is 14.5 Å². The maximum atomic E-state index is 12.3. The second-order valence-electron chi connectivity index (χ2n) is 5.72. The fourth-order valence-corrected chi connectivity index (χ4v) is 2.74. The van der Waals surface area contributed by atoms with E-state index < -0.39 is 11.9 Å². The summed E-state index contributed by atoms with van der Waals surface area (Å²) in [5.74, 6) is -1.33. The molecule has 0 aliphatic heterocycles. The van der Waals surface area contributed by atoms with Crippen LogP contribution in [0.3, 0.4) is 0 Å². The number of halogens is 2. The van der Waals surface area contributed by atoms with E-state index in [0.717, 1.165) is 0 Å². The van der Waals surface area contributed by atoms with E-state index in [2.05, 4.69) is 15.4 Å². The Bertz CT molecular complexity index is 685. The third-order valence-corrected chi connectivity index (χ3v) is 3.92. The van der Waals surface area contributed by atoms with Crippen LogP contribution in [0.2, 0.25) is 10.0 Å². The summed E-state index contributed by atoms with van der Waals surface area (Å²) >= 11 is 12.0. The van der Waals surface area contributed by atoms with Gasteiger partial charge in [-0.25, -0.2) is 4.79 Å². The molecule has 0 radical (unpaired) electrons. The quantitative estimate of drug-likeness (QED) is 0.443. The lowest BCUT2D eigenvalue weighted by molar-refractivity contribution is -0.123. The van der Waals surface area contributed by atoms with Crippen LogP contribution in [-0.2, 0) is 19.1 Å². The van der Waals surface area contributed by atoms with Crippen LogP contribution in [0.1, 0.15) is 16.8 Å². The third-order valence-electron chi connectivity index (χ3n) is 3.40. The number of likely N-dealkylation sites (N-methyl/N-ethyl adjacent to an activating group) is 1. The van der Waals surface area contributed by atoms with Crippen molar-refractivity contribution in [2.45, 2.75) is 6.42 Å². The number of ether oxygens (including phenoxy) is 2. The van der Waals surface area contributed by atoms with Gasteiger partial charge in [0.25, 0.3) is 0 Å². The number of amides is 2. The maximum absolute atomic E-state index is 12.3. The molecule has 0 aromatic heterocycles. The fraction of sp³-hybridized carbons (Fsp3) is 0.471. The van der Waals surface area contributed by atoms with E-state index in [4.69, 9.17) is 27.9 Å². The molecule has 0 spiro atoms. The zero-order valence-electron chi connectivity index (χ0n) is 15.4. The maximum Gasteiger partial charge on any atom is 0.340 e. The molecule has 0 atom stereocenters. The average Bonchev–Trinajstić information content (AvgIpc) is 2.59. The number of rotatable bonds is 10. The molecular weight excluding hydrogens is 397 g/mol. The Morgan fingerprint density at radius 2 is 1.78 bits per heavy atom. The van der Waals surface area contributed by atoms with E-state index in [1.54, 1.807) is 14.2 Å². The molecule has 8 nitrogen and oxygen atoms in total. The van der Waals surface area contributed by atoms with Gasteiger partial charge in [0.1, 0.15) is 0 Å². The third kappa shape index (κ3) is 8.13. The van der Waals surface area contributed by atoms with Crippen molar-refractivity contribution in [1.82, 2.24) is 10.2 Å². The predicted octanol–water partition coefficient (Wildman–Crippen LogP) is 1.80. The van der Waals surface area contributed by atoms with Crippen LogP contribution in [0.25, 0.3) is 0 Å². The van der Waals surface area contributed by atoms with Crippen molar-refractivity contribution >= 4 is 46.7 Å². The van der Waals surface area contributed by atoms with Crippen molar-refractivity contribution in [2.24, 2.45) is 0 Å². The minimum atomic E-state index is -0.682. The molecule has 0 aliphatic carbocycles. The molecule has 2 N–H and O–H groups in total. The van der Waals surface area contributed by atoms with E-state index >= 15 is 0 Å². The second kappa shape index (κ2) is 11.8. The Labute approximate surface area is 168 Å². The van der Waals surface area contributed by atoms with Crippen LogP contribution < -0.4 is 10.6 Å². The van der Waals surface area contributed by atoms with Crippen molar-refractivity contribution in [3.63, 3.8) is 0 Å². The number of hydrogen-bond donors (Lipinski definition) is 2. The van der Waals surface area contributed by atoms with E-state index in [1.165, 1.54) is 24.1 Å². The Kier molecular flexibility index (Phi) is 10.1. The first-order chi connectivity index (χ1) is 12.8. The largest absolute Gasteiger partial charge is 0.465 e. The number of methoxy groups -OCH3 is 2. The number of nitrogens with zero attached hydrogens (tertiary/aromatic N) is 1. The Hall–Kier alpha value is -1.87. The van der Waals surface area contributed by atoms with Crippen LogP contribution in [0.4, 0.5) is 5.69 Å². The summed E-state index contributed by atoms with van der Waals surface area (Å²) in [6.07, 6.45) is 0.706. The summed E-state index contributed by atoms with van der Waals surface area (Å²) in [4.78, 5) is 37.5. The molecule has 0 heterocycles. The van der Waals surface area contributed by atoms with Gasteiger partial charge in [-0.05, 0) is 25.6 Å². The molecule has 0 bridgehead atoms. The molecule has 0 saturated carbocycles. The fourth-order valence-electron chi connectivity index (χ4n) is 2.20. The van der Waals surface area contributed by atoms with Gasteiger partial charge in [0.05, 0.1) is 36.5 Å². The van der Waals surface area contributed by atoms with E-state index in [9.17, 15) is 14.4 Å².